The fourth-order valence-corrected chi connectivity index (χ4v) is 5.56. The van der Waals surface area contributed by atoms with Crippen molar-refractivity contribution < 1.29 is 23.6 Å². The standard InChI is InChI=1S/C24H23BrN6O4S/c1-13-17(11-18(32)15-3-5-16(25)6-4-15)14(2)27-24-20(13)21(26)22(36-24)23(33)28-19-12-31(29-35-19)30-7-9-34-10-8-30/h3-6,12H,7-11H2,1-2H3,(H2-,26,28,29,33)/p+1. The lowest BCUT2D eigenvalue weighted by molar-refractivity contribution is -0.759. The number of nitrogens with two attached hydrogens (primary N) is 1. The first kappa shape index (κ1) is 24.3. The van der Waals surface area contributed by atoms with Crippen LogP contribution in [0.4, 0.5) is 11.6 Å². The van der Waals surface area contributed by atoms with Crippen LogP contribution in [0.15, 0.2) is 39.5 Å². The van der Waals surface area contributed by atoms with Crippen molar-refractivity contribution in [1.29, 1.82) is 0 Å². The number of nitrogens with one attached hydrogen (secondary N) is 1. The number of amides is 1. The van der Waals surface area contributed by atoms with E-state index in [1.807, 2.05) is 31.0 Å². The third-order valence-electron chi connectivity index (χ3n) is 6.14. The maximum Gasteiger partial charge on any atom is 0.306 e. The zero-order chi connectivity index (χ0) is 25.4. The summed E-state index contributed by atoms with van der Waals surface area (Å²) < 4.78 is 11.5. The van der Waals surface area contributed by atoms with Gasteiger partial charge in [0.25, 0.3) is 12.1 Å². The third kappa shape index (κ3) is 4.71. The number of nitrogen functional groups attached to an aromatic ring is 1. The number of aromatic nitrogens is 3. The average molecular weight is 572 g/mol. The summed E-state index contributed by atoms with van der Waals surface area (Å²) in [6.07, 6.45) is 1.80. The molecule has 0 spiro atoms. The Morgan fingerprint density at radius 2 is 1.94 bits per heavy atom. The van der Waals surface area contributed by atoms with Crippen molar-refractivity contribution >= 4 is 60.7 Å². The van der Waals surface area contributed by atoms with Crippen LogP contribution in [0.3, 0.4) is 0 Å². The highest BCUT2D eigenvalue weighted by Crippen LogP contribution is 2.37. The summed E-state index contributed by atoms with van der Waals surface area (Å²) in [6, 6.07) is 7.26. The predicted molar refractivity (Wildman–Crippen MR) is 139 cm³/mol. The molecule has 4 heterocycles. The van der Waals surface area contributed by atoms with Crippen molar-refractivity contribution in [3.63, 3.8) is 0 Å². The zero-order valence-corrected chi connectivity index (χ0v) is 22.1. The van der Waals surface area contributed by atoms with Gasteiger partial charge < -0.3 is 10.5 Å². The van der Waals surface area contributed by atoms with E-state index in [0.717, 1.165) is 21.3 Å². The van der Waals surface area contributed by atoms with Crippen molar-refractivity contribution in [3.05, 3.63) is 62.2 Å². The molecule has 1 aromatic carbocycles. The van der Waals surface area contributed by atoms with Crippen molar-refractivity contribution in [2.24, 2.45) is 0 Å². The Labute approximate surface area is 219 Å². The minimum atomic E-state index is -0.412. The van der Waals surface area contributed by atoms with Gasteiger partial charge in [-0.1, -0.05) is 28.1 Å². The second-order valence-electron chi connectivity index (χ2n) is 8.44. The number of anilines is 2. The number of thiophene rings is 1. The number of ketones is 1. The van der Waals surface area contributed by atoms with Gasteiger partial charge in [0.2, 0.25) is 5.27 Å². The van der Waals surface area contributed by atoms with Gasteiger partial charge in [-0.3, -0.25) is 19.4 Å². The summed E-state index contributed by atoms with van der Waals surface area (Å²) >= 11 is 4.60. The quantitative estimate of drug-likeness (QED) is 0.267. The topological polar surface area (TPSA) is 127 Å². The van der Waals surface area contributed by atoms with Gasteiger partial charge in [-0.15, -0.1) is 16.3 Å². The molecule has 0 atom stereocenters. The van der Waals surface area contributed by atoms with E-state index in [2.05, 4.69) is 31.5 Å². The maximum atomic E-state index is 13.1. The summed E-state index contributed by atoms with van der Waals surface area (Å²) in [4.78, 5) is 33.2. The van der Waals surface area contributed by atoms with Crippen molar-refractivity contribution in [2.45, 2.75) is 20.3 Å². The minimum Gasteiger partial charge on any atom is -0.397 e. The Kier molecular flexibility index (Phi) is 6.73. The van der Waals surface area contributed by atoms with Crippen LogP contribution in [-0.4, -0.2) is 48.2 Å². The van der Waals surface area contributed by atoms with Gasteiger partial charge in [-0.25, -0.2) is 4.98 Å². The molecule has 0 aliphatic carbocycles. The monoisotopic (exact) mass is 571 g/mol. The van der Waals surface area contributed by atoms with Gasteiger partial charge in [0, 0.05) is 27.5 Å². The minimum absolute atomic E-state index is 0.0134. The number of pyridine rings is 1. The van der Waals surface area contributed by atoms with E-state index in [1.54, 1.807) is 23.1 Å². The Balaban J connectivity index is 1.39. The fourth-order valence-electron chi connectivity index (χ4n) is 4.20. The number of halogens is 1. The van der Waals surface area contributed by atoms with Gasteiger partial charge >= 0.3 is 5.88 Å². The molecule has 0 radical (unpaired) electrons. The number of carbonyl (C=O) groups is 2. The number of aryl methyl sites for hydroxylation is 2. The second kappa shape index (κ2) is 9.96. The number of rotatable bonds is 6. The fraction of sp³-hybridized carbons (Fsp3) is 0.292. The summed E-state index contributed by atoms with van der Waals surface area (Å²) in [5, 5.41) is 9.33. The number of hydrogen-bond donors (Lipinski definition) is 2. The molecule has 1 fully saturated rings. The van der Waals surface area contributed by atoms with E-state index in [0.29, 0.717) is 52.6 Å². The Morgan fingerprint density at radius 3 is 2.67 bits per heavy atom. The zero-order valence-electron chi connectivity index (χ0n) is 19.7. The smallest absolute Gasteiger partial charge is 0.306 e. The molecular formula is C24H24BrN6O4S+. The van der Waals surface area contributed by atoms with Crippen molar-refractivity contribution in [3.8, 4) is 0 Å². The Bertz CT molecular complexity index is 1460. The molecule has 1 aliphatic heterocycles. The van der Waals surface area contributed by atoms with Gasteiger partial charge in [0.05, 0.1) is 36.8 Å². The highest BCUT2D eigenvalue weighted by Gasteiger charge is 2.26. The lowest BCUT2D eigenvalue weighted by Gasteiger charge is -2.18. The van der Waals surface area contributed by atoms with Crippen LogP contribution in [0.25, 0.3) is 10.2 Å². The molecule has 5 rings (SSSR count). The average Bonchev–Trinajstić information content (AvgIpc) is 3.47. The van der Waals surface area contributed by atoms with Gasteiger partial charge in [0.15, 0.2) is 5.78 Å². The predicted octanol–water partition coefficient (Wildman–Crippen LogP) is 3.18. The number of ether oxygens (including phenoxy) is 1. The number of Topliss-reactive ketones (excluding diaryl/α,β-unsaturated/α-hetero) is 1. The molecule has 1 aliphatic rings. The molecule has 3 N–H and O–H groups in total. The number of nitrogens with zero attached hydrogens (tertiary/aromatic N) is 4. The van der Waals surface area contributed by atoms with E-state index >= 15 is 0 Å². The van der Waals surface area contributed by atoms with Crippen LogP contribution in [0.5, 0.6) is 0 Å². The molecule has 186 valence electrons. The third-order valence-corrected chi connectivity index (χ3v) is 7.77. The molecule has 12 heteroatoms. The molecule has 0 unspecified atom stereocenters. The summed E-state index contributed by atoms with van der Waals surface area (Å²) in [7, 11) is 0. The first-order valence-corrected chi connectivity index (χ1v) is 12.9. The van der Waals surface area contributed by atoms with E-state index in [1.165, 1.54) is 11.3 Å². The van der Waals surface area contributed by atoms with Gasteiger partial charge in [-0.05, 0) is 37.1 Å². The lowest BCUT2D eigenvalue weighted by Crippen LogP contribution is -2.62. The maximum absolute atomic E-state index is 13.1. The van der Waals surface area contributed by atoms with E-state index < -0.39 is 5.91 Å². The summed E-state index contributed by atoms with van der Waals surface area (Å²) in [6.45, 7) is 6.32. The van der Waals surface area contributed by atoms with Crippen LogP contribution in [0.1, 0.15) is 36.9 Å². The highest BCUT2D eigenvalue weighted by molar-refractivity contribution is 9.10. The Morgan fingerprint density at radius 1 is 1.22 bits per heavy atom. The molecule has 1 saturated heterocycles. The van der Waals surface area contributed by atoms with Crippen LogP contribution in [0, 0.1) is 13.8 Å². The Hall–Kier alpha value is -3.35. The number of hydrogen-bond acceptors (Lipinski definition) is 9. The molecule has 36 heavy (non-hydrogen) atoms. The molecule has 3 aromatic heterocycles. The number of carbonyl (C=O) groups excluding carboxylic acids is 2. The van der Waals surface area contributed by atoms with Gasteiger partial charge in [-0.2, -0.15) is 0 Å². The van der Waals surface area contributed by atoms with E-state index in [-0.39, 0.29) is 18.1 Å². The van der Waals surface area contributed by atoms with Crippen LogP contribution < -0.4 is 20.9 Å². The van der Waals surface area contributed by atoms with Crippen LogP contribution in [-0.2, 0) is 11.2 Å². The van der Waals surface area contributed by atoms with Crippen LogP contribution in [0.2, 0.25) is 0 Å². The van der Waals surface area contributed by atoms with Crippen molar-refractivity contribution in [1.82, 2.24) is 10.3 Å². The largest absolute Gasteiger partial charge is 0.397 e. The van der Waals surface area contributed by atoms with Gasteiger partial charge in [0.1, 0.15) is 9.71 Å². The van der Waals surface area contributed by atoms with E-state index in [4.69, 9.17) is 15.0 Å². The van der Waals surface area contributed by atoms with Crippen molar-refractivity contribution in [2.75, 3.05) is 42.4 Å². The molecule has 0 bridgehead atoms. The van der Waals surface area contributed by atoms with Crippen LogP contribution >= 0.6 is 27.3 Å². The molecule has 4 aromatic rings. The molecule has 0 saturated carbocycles. The molecule has 1 amide bonds. The lowest BCUT2D eigenvalue weighted by atomic mass is 9.96. The second-order valence-corrected chi connectivity index (χ2v) is 10.4. The highest BCUT2D eigenvalue weighted by atomic mass is 79.9. The summed E-state index contributed by atoms with van der Waals surface area (Å²) in [5.41, 5.74) is 9.79. The number of fused-ring (bicyclic) bond motifs is 1. The number of benzene rings is 1. The SMILES string of the molecule is Cc1nc2sc(C(=O)Nc3c[n+](N4CCOCC4)no3)c(N)c2c(C)c1CC(=O)c1ccc(Br)cc1. The first-order valence-electron chi connectivity index (χ1n) is 11.3. The summed E-state index contributed by atoms with van der Waals surface area (Å²) in [5.74, 6) is -0.226. The molecule has 10 nitrogen and oxygen atoms in total. The normalized spacial score (nSPS) is 13.8. The van der Waals surface area contributed by atoms with E-state index in [9.17, 15) is 9.59 Å². The first-order chi connectivity index (χ1) is 17.3. The molecular weight excluding hydrogens is 548 g/mol. The number of morpholine rings is 1.